The van der Waals surface area contributed by atoms with Crippen molar-refractivity contribution in [3.8, 4) is 0 Å². The maximum atomic E-state index is 12.9. The van der Waals surface area contributed by atoms with Gasteiger partial charge in [-0.25, -0.2) is 0 Å². The normalized spacial score (nSPS) is 18.2. The number of rotatable bonds is 5. The average molecular weight is 376 g/mol. The highest BCUT2D eigenvalue weighted by Gasteiger charge is 2.36. The molecule has 1 aromatic rings. The van der Waals surface area contributed by atoms with Gasteiger partial charge in [-0.2, -0.15) is 13.2 Å². The molecule has 24 heavy (non-hydrogen) atoms. The van der Waals surface area contributed by atoms with Gasteiger partial charge in [-0.15, -0.1) is 0 Å². The first-order valence-corrected chi connectivity index (χ1v) is 8.51. The predicted molar refractivity (Wildman–Crippen MR) is 90.7 cm³/mol. The molecule has 0 radical (unpaired) electrons. The van der Waals surface area contributed by atoms with Crippen molar-refractivity contribution in [2.45, 2.75) is 31.2 Å². The summed E-state index contributed by atoms with van der Waals surface area (Å²) in [5, 5.41) is 2.00. The Morgan fingerprint density at radius 2 is 2.04 bits per heavy atom. The summed E-state index contributed by atoms with van der Waals surface area (Å²) < 4.78 is 39.1. The smallest absolute Gasteiger partial charge is 0.325 e. The van der Waals surface area contributed by atoms with Crippen LogP contribution in [-0.4, -0.2) is 32.8 Å². The molecule has 1 saturated heterocycles. The number of thioether (sulfide) groups is 1. The highest BCUT2D eigenvalue weighted by molar-refractivity contribution is 8.24. The summed E-state index contributed by atoms with van der Waals surface area (Å²) in [4.78, 5) is 25.3. The number of alkyl halides is 3. The highest BCUT2D eigenvalue weighted by Crippen LogP contribution is 2.34. The van der Waals surface area contributed by atoms with E-state index < -0.39 is 17.6 Å². The molecule has 1 aliphatic heterocycles. The fraction of sp³-hybridized carbons (Fsp3) is 0.400. The largest absolute Gasteiger partial charge is 0.418 e. The van der Waals surface area contributed by atoms with Crippen molar-refractivity contribution in [2.75, 3.05) is 11.9 Å². The summed E-state index contributed by atoms with van der Waals surface area (Å²) >= 11 is 6.37. The second-order valence-corrected chi connectivity index (χ2v) is 6.95. The maximum absolute atomic E-state index is 12.9. The lowest BCUT2D eigenvalue weighted by molar-refractivity contribution is -0.137. The molecular weight excluding hydrogens is 361 g/mol. The van der Waals surface area contributed by atoms with E-state index in [1.54, 1.807) is 0 Å². The Bertz CT molecular complexity index is 664. The van der Waals surface area contributed by atoms with E-state index in [2.05, 4.69) is 5.32 Å². The van der Waals surface area contributed by atoms with Crippen LogP contribution in [0.25, 0.3) is 0 Å². The van der Waals surface area contributed by atoms with Crippen LogP contribution >= 0.6 is 24.0 Å². The Labute approximate surface area is 146 Å². The summed E-state index contributed by atoms with van der Waals surface area (Å²) in [5.41, 5.74) is -1.21. The van der Waals surface area contributed by atoms with Gasteiger partial charge in [0.25, 0.3) is 0 Å². The van der Waals surface area contributed by atoms with Gasteiger partial charge in [0.1, 0.15) is 4.32 Å². The van der Waals surface area contributed by atoms with Gasteiger partial charge in [-0.05, 0) is 18.6 Å². The van der Waals surface area contributed by atoms with Gasteiger partial charge in [0.15, 0.2) is 0 Å². The monoisotopic (exact) mass is 376 g/mol. The SMILES string of the molecule is CCC1SC(=S)N(CCC(=O)Nc2ccccc2C(F)(F)F)C1=O. The van der Waals surface area contributed by atoms with Gasteiger partial charge in [0.05, 0.1) is 16.5 Å². The van der Waals surface area contributed by atoms with Crippen molar-refractivity contribution in [2.24, 2.45) is 0 Å². The zero-order valence-electron chi connectivity index (χ0n) is 12.7. The molecule has 0 aliphatic carbocycles. The van der Waals surface area contributed by atoms with Crippen molar-refractivity contribution in [3.05, 3.63) is 29.8 Å². The molecular formula is C15H15F3N2O2S2. The zero-order chi connectivity index (χ0) is 17.9. The van der Waals surface area contributed by atoms with E-state index in [1.165, 1.54) is 34.9 Å². The fourth-order valence-corrected chi connectivity index (χ4v) is 3.70. The van der Waals surface area contributed by atoms with Gasteiger partial charge in [0.2, 0.25) is 11.8 Å². The molecule has 2 rings (SSSR count). The minimum atomic E-state index is -4.55. The number of hydrogen-bond acceptors (Lipinski definition) is 4. The fourth-order valence-electron chi connectivity index (χ4n) is 2.22. The minimum absolute atomic E-state index is 0.0567. The number of benzene rings is 1. The number of hydrogen-bond donors (Lipinski definition) is 1. The number of para-hydroxylation sites is 1. The number of nitrogens with one attached hydrogen (secondary N) is 1. The molecule has 130 valence electrons. The maximum Gasteiger partial charge on any atom is 0.418 e. The number of amides is 2. The Kier molecular flexibility index (Phi) is 5.87. The van der Waals surface area contributed by atoms with Gasteiger partial charge >= 0.3 is 6.18 Å². The Balaban J connectivity index is 1.98. The van der Waals surface area contributed by atoms with Gasteiger partial charge in [-0.1, -0.05) is 43.0 Å². The standard InChI is InChI=1S/C15H15F3N2O2S2/c1-2-11-13(22)20(14(23)24-11)8-7-12(21)19-10-6-4-3-5-9(10)15(16,17)18/h3-6,11H,2,7-8H2,1H3,(H,19,21). The summed E-state index contributed by atoms with van der Waals surface area (Å²) in [6.07, 6.45) is -4.05. The minimum Gasteiger partial charge on any atom is -0.325 e. The van der Waals surface area contributed by atoms with E-state index in [0.717, 1.165) is 6.07 Å². The van der Waals surface area contributed by atoms with E-state index in [9.17, 15) is 22.8 Å². The second kappa shape index (κ2) is 7.52. The van der Waals surface area contributed by atoms with Crippen molar-refractivity contribution < 1.29 is 22.8 Å². The molecule has 4 nitrogen and oxygen atoms in total. The van der Waals surface area contributed by atoms with Crippen molar-refractivity contribution in [3.63, 3.8) is 0 Å². The highest BCUT2D eigenvalue weighted by atomic mass is 32.2. The summed E-state index contributed by atoms with van der Waals surface area (Å²) in [6, 6.07) is 4.75. The topological polar surface area (TPSA) is 49.4 Å². The lowest BCUT2D eigenvalue weighted by Gasteiger charge is -2.16. The van der Waals surface area contributed by atoms with Crippen LogP contribution in [0.1, 0.15) is 25.3 Å². The number of halogens is 3. The molecule has 1 atom stereocenters. The third-order valence-corrected chi connectivity index (χ3v) is 5.20. The summed E-state index contributed by atoms with van der Waals surface area (Å²) in [5.74, 6) is -0.761. The van der Waals surface area contributed by atoms with E-state index in [4.69, 9.17) is 12.2 Å². The van der Waals surface area contributed by atoms with Crippen LogP contribution in [0.2, 0.25) is 0 Å². The van der Waals surface area contributed by atoms with Gasteiger partial charge in [0, 0.05) is 13.0 Å². The molecule has 0 bridgehead atoms. The van der Waals surface area contributed by atoms with Crippen molar-refractivity contribution in [1.29, 1.82) is 0 Å². The van der Waals surface area contributed by atoms with Crippen LogP contribution in [-0.2, 0) is 15.8 Å². The molecule has 1 fully saturated rings. The molecule has 2 amide bonds. The third kappa shape index (κ3) is 4.27. The number of carbonyl (C=O) groups is 2. The van der Waals surface area contributed by atoms with E-state index >= 15 is 0 Å². The van der Waals surface area contributed by atoms with Crippen LogP contribution in [0.4, 0.5) is 18.9 Å². The molecule has 1 aromatic carbocycles. The van der Waals surface area contributed by atoms with Crippen LogP contribution in [0.5, 0.6) is 0 Å². The number of anilines is 1. The van der Waals surface area contributed by atoms with Gasteiger partial charge < -0.3 is 5.32 Å². The Hall–Kier alpha value is -1.61. The van der Waals surface area contributed by atoms with Crippen molar-refractivity contribution in [1.82, 2.24) is 4.90 Å². The summed E-state index contributed by atoms with van der Waals surface area (Å²) in [6.45, 7) is 1.92. The predicted octanol–water partition coefficient (Wildman–Crippen LogP) is 3.67. The first-order chi connectivity index (χ1) is 11.2. The molecule has 1 N–H and O–H groups in total. The molecule has 9 heteroatoms. The molecule has 0 aromatic heterocycles. The molecule has 1 aliphatic rings. The molecule has 1 heterocycles. The van der Waals surface area contributed by atoms with E-state index in [1.807, 2.05) is 6.92 Å². The number of nitrogens with zero attached hydrogens (tertiary/aromatic N) is 1. The number of thiocarbonyl (C=S) groups is 1. The van der Waals surface area contributed by atoms with Gasteiger partial charge in [-0.3, -0.25) is 14.5 Å². The summed E-state index contributed by atoms with van der Waals surface area (Å²) in [7, 11) is 0. The van der Waals surface area contributed by atoms with Crippen LogP contribution in [0.15, 0.2) is 24.3 Å². The average Bonchev–Trinajstić information content (AvgIpc) is 2.78. The zero-order valence-corrected chi connectivity index (χ0v) is 14.4. The van der Waals surface area contributed by atoms with Crippen LogP contribution in [0, 0.1) is 0 Å². The second-order valence-electron chi connectivity index (χ2n) is 5.11. The Morgan fingerprint density at radius 3 is 2.62 bits per heavy atom. The van der Waals surface area contributed by atoms with Crippen molar-refractivity contribution >= 4 is 45.8 Å². The first-order valence-electron chi connectivity index (χ1n) is 7.22. The Morgan fingerprint density at radius 1 is 1.38 bits per heavy atom. The lowest BCUT2D eigenvalue weighted by Crippen LogP contribution is -2.34. The quantitative estimate of drug-likeness (QED) is 0.797. The van der Waals surface area contributed by atoms with E-state index in [-0.39, 0.29) is 29.8 Å². The third-order valence-electron chi connectivity index (χ3n) is 3.44. The lowest BCUT2D eigenvalue weighted by atomic mass is 10.1. The molecule has 0 saturated carbocycles. The van der Waals surface area contributed by atoms with Crippen LogP contribution < -0.4 is 5.32 Å². The van der Waals surface area contributed by atoms with Crippen LogP contribution in [0.3, 0.4) is 0 Å². The first kappa shape index (κ1) is 18.7. The van der Waals surface area contributed by atoms with E-state index in [0.29, 0.717) is 10.7 Å². The number of carbonyl (C=O) groups excluding carboxylic acids is 2. The molecule has 1 unspecified atom stereocenters. The molecule has 0 spiro atoms.